The van der Waals surface area contributed by atoms with Crippen LogP contribution in [0.15, 0.2) is 30.5 Å². The van der Waals surface area contributed by atoms with Crippen molar-refractivity contribution >= 4 is 22.6 Å². The number of ether oxygens (including phenoxy) is 1. The van der Waals surface area contributed by atoms with E-state index in [9.17, 15) is 9.90 Å². The molecule has 0 radical (unpaired) electrons. The minimum Gasteiger partial charge on any atom is -0.497 e. The summed E-state index contributed by atoms with van der Waals surface area (Å²) in [4.78, 5) is 17.9. The summed E-state index contributed by atoms with van der Waals surface area (Å²) in [6.07, 6.45) is 2.59. The second kappa shape index (κ2) is 5.24. The molecule has 0 spiro atoms. The summed E-state index contributed by atoms with van der Waals surface area (Å²) >= 11 is 0. The molecule has 1 aromatic heterocycles. The van der Waals surface area contributed by atoms with E-state index < -0.39 is 12.0 Å². The lowest BCUT2D eigenvalue weighted by Gasteiger charge is -2.25. The van der Waals surface area contributed by atoms with Crippen molar-refractivity contribution in [3.63, 3.8) is 0 Å². The van der Waals surface area contributed by atoms with Gasteiger partial charge in [0.1, 0.15) is 17.6 Å². The van der Waals surface area contributed by atoms with E-state index in [4.69, 9.17) is 4.74 Å². The fraction of sp³-hybridized carbons (Fsp3) is 0.375. The van der Waals surface area contributed by atoms with Gasteiger partial charge >= 0.3 is 5.97 Å². The molecule has 1 aliphatic rings. The van der Waals surface area contributed by atoms with Crippen molar-refractivity contribution in [2.24, 2.45) is 5.92 Å². The molecule has 1 aromatic carbocycles. The van der Waals surface area contributed by atoms with Crippen molar-refractivity contribution in [3.05, 3.63) is 30.5 Å². The molecule has 1 fully saturated rings. The number of benzene rings is 1. The van der Waals surface area contributed by atoms with E-state index in [1.807, 2.05) is 36.1 Å². The Morgan fingerprint density at radius 1 is 1.43 bits per heavy atom. The number of fused-ring (bicyclic) bond motifs is 1. The Labute approximate surface area is 123 Å². The lowest BCUT2D eigenvalue weighted by molar-refractivity contribution is -0.139. The van der Waals surface area contributed by atoms with E-state index >= 15 is 0 Å². The molecule has 5 heteroatoms. The van der Waals surface area contributed by atoms with Crippen LogP contribution in [0.5, 0.6) is 5.75 Å². The van der Waals surface area contributed by atoms with Crippen molar-refractivity contribution in [2.75, 3.05) is 18.6 Å². The molecule has 0 amide bonds. The molecule has 0 bridgehead atoms. The van der Waals surface area contributed by atoms with Gasteiger partial charge in [-0.2, -0.15) is 0 Å². The van der Waals surface area contributed by atoms with E-state index in [1.165, 1.54) is 0 Å². The van der Waals surface area contributed by atoms with Gasteiger partial charge in [0.2, 0.25) is 0 Å². The van der Waals surface area contributed by atoms with Crippen LogP contribution in [0.1, 0.15) is 13.3 Å². The van der Waals surface area contributed by atoms with Gasteiger partial charge < -0.3 is 14.7 Å². The Bertz CT molecular complexity index is 686. The standard InChI is InChI=1S/C16H18N2O3/c1-10-6-8-18(14(10)16(19)20)15-13-4-3-12(21-2)9-11(13)5-7-17-15/h3-5,7,9-10,14H,6,8H2,1-2H3,(H,19,20). The smallest absolute Gasteiger partial charge is 0.326 e. The van der Waals surface area contributed by atoms with Crippen molar-refractivity contribution in [2.45, 2.75) is 19.4 Å². The summed E-state index contributed by atoms with van der Waals surface area (Å²) in [6, 6.07) is 7.17. The molecule has 2 atom stereocenters. The lowest BCUT2D eigenvalue weighted by atomic mass is 10.0. The second-order valence-electron chi connectivity index (χ2n) is 5.46. The number of pyridine rings is 1. The summed E-state index contributed by atoms with van der Waals surface area (Å²) < 4.78 is 5.24. The third-order valence-electron chi connectivity index (χ3n) is 4.18. The predicted molar refractivity (Wildman–Crippen MR) is 80.8 cm³/mol. The zero-order chi connectivity index (χ0) is 15.0. The van der Waals surface area contributed by atoms with Crippen molar-refractivity contribution in [1.82, 2.24) is 4.98 Å². The molecular weight excluding hydrogens is 268 g/mol. The van der Waals surface area contributed by atoms with E-state index in [2.05, 4.69) is 4.98 Å². The molecule has 0 aliphatic carbocycles. The number of anilines is 1. The van der Waals surface area contributed by atoms with Crippen LogP contribution < -0.4 is 9.64 Å². The number of methoxy groups -OCH3 is 1. The highest BCUT2D eigenvalue weighted by atomic mass is 16.5. The molecule has 110 valence electrons. The first-order valence-electron chi connectivity index (χ1n) is 7.04. The fourth-order valence-corrected chi connectivity index (χ4v) is 3.06. The Kier molecular flexibility index (Phi) is 3.41. The highest BCUT2D eigenvalue weighted by Crippen LogP contribution is 2.34. The number of carboxylic acids is 1. The average molecular weight is 286 g/mol. The maximum absolute atomic E-state index is 11.5. The fourth-order valence-electron chi connectivity index (χ4n) is 3.06. The number of carbonyl (C=O) groups is 1. The van der Waals surface area contributed by atoms with E-state index in [0.29, 0.717) is 0 Å². The molecular formula is C16H18N2O3. The number of aromatic nitrogens is 1. The minimum absolute atomic E-state index is 0.123. The molecule has 0 saturated carbocycles. The molecule has 5 nitrogen and oxygen atoms in total. The van der Waals surface area contributed by atoms with Crippen molar-refractivity contribution in [1.29, 1.82) is 0 Å². The molecule has 1 saturated heterocycles. The highest BCUT2D eigenvalue weighted by Gasteiger charge is 2.38. The van der Waals surface area contributed by atoms with Crippen molar-refractivity contribution in [3.8, 4) is 5.75 Å². The van der Waals surface area contributed by atoms with Crippen LogP contribution in [0, 0.1) is 5.92 Å². The number of aliphatic carboxylic acids is 1. The zero-order valence-electron chi connectivity index (χ0n) is 12.1. The third kappa shape index (κ3) is 2.28. The average Bonchev–Trinajstić information content (AvgIpc) is 2.87. The molecule has 3 rings (SSSR count). The van der Waals surface area contributed by atoms with Gasteiger partial charge in [-0.3, -0.25) is 0 Å². The lowest BCUT2D eigenvalue weighted by Crippen LogP contribution is -2.39. The van der Waals surface area contributed by atoms with Crippen LogP contribution in [0.3, 0.4) is 0 Å². The van der Waals surface area contributed by atoms with E-state index in [0.717, 1.165) is 35.3 Å². The van der Waals surface area contributed by atoms with Gasteiger partial charge in [-0.1, -0.05) is 6.92 Å². The largest absolute Gasteiger partial charge is 0.497 e. The van der Waals surface area contributed by atoms with Gasteiger partial charge in [0, 0.05) is 18.1 Å². The van der Waals surface area contributed by atoms with Crippen LogP contribution in [0.2, 0.25) is 0 Å². The predicted octanol–water partition coefficient (Wildman–Crippen LogP) is 2.54. The molecule has 1 aliphatic heterocycles. The van der Waals surface area contributed by atoms with Gasteiger partial charge in [0.25, 0.3) is 0 Å². The quantitative estimate of drug-likeness (QED) is 0.939. The van der Waals surface area contributed by atoms with Gasteiger partial charge in [-0.15, -0.1) is 0 Å². The monoisotopic (exact) mass is 286 g/mol. The third-order valence-corrected chi connectivity index (χ3v) is 4.18. The maximum atomic E-state index is 11.5. The number of rotatable bonds is 3. The first-order valence-corrected chi connectivity index (χ1v) is 7.04. The molecule has 2 aromatic rings. The molecule has 2 unspecified atom stereocenters. The Morgan fingerprint density at radius 3 is 2.95 bits per heavy atom. The van der Waals surface area contributed by atoms with Gasteiger partial charge in [-0.25, -0.2) is 9.78 Å². The van der Waals surface area contributed by atoms with Gasteiger partial charge in [0.15, 0.2) is 0 Å². The van der Waals surface area contributed by atoms with Crippen LogP contribution >= 0.6 is 0 Å². The Hall–Kier alpha value is -2.30. The molecule has 1 N–H and O–H groups in total. The maximum Gasteiger partial charge on any atom is 0.326 e. The zero-order valence-corrected chi connectivity index (χ0v) is 12.1. The topological polar surface area (TPSA) is 62.7 Å². The van der Waals surface area contributed by atoms with E-state index in [1.54, 1.807) is 13.3 Å². The van der Waals surface area contributed by atoms with Crippen LogP contribution in [-0.4, -0.2) is 35.8 Å². The molecule has 21 heavy (non-hydrogen) atoms. The minimum atomic E-state index is -0.785. The summed E-state index contributed by atoms with van der Waals surface area (Å²) in [5.74, 6) is 0.862. The summed E-state index contributed by atoms with van der Waals surface area (Å²) in [7, 11) is 1.63. The number of hydrogen-bond donors (Lipinski definition) is 1. The summed E-state index contributed by atoms with van der Waals surface area (Å²) in [5, 5.41) is 11.4. The number of hydrogen-bond acceptors (Lipinski definition) is 4. The van der Waals surface area contributed by atoms with Gasteiger partial charge in [-0.05, 0) is 42.0 Å². The number of carboxylic acid groups (broad SMARTS) is 1. The highest BCUT2D eigenvalue weighted by molar-refractivity contribution is 5.94. The van der Waals surface area contributed by atoms with Crippen LogP contribution in [0.4, 0.5) is 5.82 Å². The van der Waals surface area contributed by atoms with E-state index in [-0.39, 0.29) is 5.92 Å². The normalized spacial score (nSPS) is 21.7. The second-order valence-corrected chi connectivity index (χ2v) is 5.46. The van der Waals surface area contributed by atoms with Crippen LogP contribution in [-0.2, 0) is 4.79 Å². The summed E-state index contributed by atoms with van der Waals surface area (Å²) in [5.41, 5.74) is 0. The summed E-state index contributed by atoms with van der Waals surface area (Å²) in [6.45, 7) is 2.70. The molecule has 2 heterocycles. The van der Waals surface area contributed by atoms with Gasteiger partial charge in [0.05, 0.1) is 7.11 Å². The first-order chi connectivity index (χ1) is 10.1. The van der Waals surface area contributed by atoms with Crippen LogP contribution in [0.25, 0.3) is 10.8 Å². The Morgan fingerprint density at radius 2 is 2.24 bits per heavy atom. The Balaban J connectivity index is 2.10. The number of nitrogens with zero attached hydrogens (tertiary/aromatic N) is 2. The SMILES string of the molecule is COc1ccc2c(N3CCC(C)C3C(=O)O)nccc2c1. The first kappa shape index (κ1) is 13.7. The van der Waals surface area contributed by atoms with Crippen molar-refractivity contribution < 1.29 is 14.6 Å².